The predicted molar refractivity (Wildman–Crippen MR) is 92.0 cm³/mol. The zero-order chi connectivity index (χ0) is 16.7. The van der Waals surface area contributed by atoms with E-state index in [9.17, 15) is 13.2 Å². The fourth-order valence-corrected chi connectivity index (χ4v) is 3.62. The van der Waals surface area contributed by atoms with Crippen LogP contribution in [0.4, 0.5) is 4.79 Å². The van der Waals surface area contributed by atoms with Gasteiger partial charge in [-0.25, -0.2) is 13.2 Å². The second-order valence-electron chi connectivity index (χ2n) is 6.32. The van der Waals surface area contributed by atoms with E-state index in [1.54, 1.807) is 0 Å². The first-order chi connectivity index (χ1) is 11.0. The van der Waals surface area contributed by atoms with Crippen LogP contribution in [0.1, 0.15) is 43.7 Å². The van der Waals surface area contributed by atoms with Gasteiger partial charge < -0.3 is 10.6 Å². The average molecular weight is 338 g/mol. The molecule has 2 amide bonds. The van der Waals surface area contributed by atoms with Gasteiger partial charge in [-0.3, -0.25) is 0 Å². The third kappa shape index (κ3) is 6.22. The quantitative estimate of drug-likeness (QED) is 0.837. The fraction of sp³-hybridized carbons (Fsp3) is 0.588. The molecule has 1 atom stereocenters. The van der Waals surface area contributed by atoms with Gasteiger partial charge in [0.15, 0.2) is 0 Å². The first-order valence-electron chi connectivity index (χ1n) is 8.23. The summed E-state index contributed by atoms with van der Waals surface area (Å²) in [6.07, 6.45) is 7.06. The molecule has 1 fully saturated rings. The van der Waals surface area contributed by atoms with Crippen molar-refractivity contribution in [3.05, 3.63) is 35.9 Å². The molecule has 1 aliphatic carbocycles. The molecule has 2 rings (SSSR count). The number of carbonyl (C=O) groups is 1. The van der Waals surface area contributed by atoms with Gasteiger partial charge >= 0.3 is 6.03 Å². The maximum Gasteiger partial charge on any atom is 0.315 e. The summed E-state index contributed by atoms with van der Waals surface area (Å²) in [6.45, 7) is 0.136. The SMILES string of the molecule is CS(=O)(=O)CCNC(=O)N[C@@H](c1ccccc1)C1CCCCC1. The van der Waals surface area contributed by atoms with E-state index in [4.69, 9.17) is 0 Å². The van der Waals surface area contributed by atoms with E-state index in [0.29, 0.717) is 5.92 Å². The number of amides is 2. The van der Waals surface area contributed by atoms with E-state index in [-0.39, 0.29) is 24.4 Å². The molecule has 0 heterocycles. The van der Waals surface area contributed by atoms with Crippen LogP contribution in [0.5, 0.6) is 0 Å². The number of urea groups is 1. The van der Waals surface area contributed by atoms with E-state index < -0.39 is 9.84 Å². The topological polar surface area (TPSA) is 75.3 Å². The summed E-state index contributed by atoms with van der Waals surface area (Å²) < 4.78 is 22.3. The van der Waals surface area contributed by atoms with E-state index in [2.05, 4.69) is 10.6 Å². The molecular weight excluding hydrogens is 312 g/mol. The van der Waals surface area contributed by atoms with Crippen LogP contribution >= 0.6 is 0 Å². The molecule has 0 aromatic heterocycles. The Bertz CT molecular complexity index is 596. The molecular formula is C17H26N2O3S. The molecule has 23 heavy (non-hydrogen) atoms. The van der Waals surface area contributed by atoms with Gasteiger partial charge in [0.25, 0.3) is 0 Å². The Morgan fingerprint density at radius 3 is 2.43 bits per heavy atom. The lowest BCUT2D eigenvalue weighted by Crippen LogP contribution is -2.42. The number of hydrogen-bond donors (Lipinski definition) is 2. The van der Waals surface area contributed by atoms with Gasteiger partial charge in [0.2, 0.25) is 0 Å². The monoisotopic (exact) mass is 338 g/mol. The van der Waals surface area contributed by atoms with Crippen LogP contribution in [0.2, 0.25) is 0 Å². The first kappa shape index (κ1) is 17.8. The summed E-state index contributed by atoms with van der Waals surface area (Å²) in [6, 6.07) is 9.69. The highest BCUT2D eigenvalue weighted by Gasteiger charge is 2.26. The second-order valence-corrected chi connectivity index (χ2v) is 8.58. The summed E-state index contributed by atoms with van der Waals surface area (Å²) in [4.78, 5) is 12.1. The molecule has 2 N–H and O–H groups in total. The Hall–Kier alpha value is -1.56. The van der Waals surface area contributed by atoms with Gasteiger partial charge in [-0.15, -0.1) is 0 Å². The maximum atomic E-state index is 12.1. The van der Waals surface area contributed by atoms with Crippen molar-refractivity contribution in [2.75, 3.05) is 18.6 Å². The molecule has 1 aliphatic rings. The van der Waals surface area contributed by atoms with Crippen molar-refractivity contribution >= 4 is 15.9 Å². The zero-order valence-electron chi connectivity index (χ0n) is 13.6. The van der Waals surface area contributed by atoms with Gasteiger partial charge in [0.1, 0.15) is 9.84 Å². The smallest absolute Gasteiger partial charge is 0.315 e. The maximum absolute atomic E-state index is 12.1. The molecule has 0 radical (unpaired) electrons. The number of carbonyl (C=O) groups excluding carboxylic acids is 1. The third-order valence-corrected chi connectivity index (χ3v) is 5.27. The van der Waals surface area contributed by atoms with Crippen LogP contribution in [0.3, 0.4) is 0 Å². The van der Waals surface area contributed by atoms with Gasteiger partial charge in [0.05, 0.1) is 11.8 Å². The molecule has 128 valence electrons. The Balaban J connectivity index is 1.98. The Kier molecular flexibility index (Phi) is 6.45. The normalized spacial score (nSPS) is 17.4. The average Bonchev–Trinajstić information content (AvgIpc) is 2.53. The van der Waals surface area contributed by atoms with Crippen LogP contribution in [-0.2, 0) is 9.84 Å². The van der Waals surface area contributed by atoms with Crippen LogP contribution < -0.4 is 10.6 Å². The van der Waals surface area contributed by atoms with Crippen molar-refractivity contribution in [2.45, 2.75) is 38.1 Å². The van der Waals surface area contributed by atoms with E-state index in [1.165, 1.54) is 25.5 Å². The molecule has 1 aromatic carbocycles. The van der Waals surface area contributed by atoms with E-state index >= 15 is 0 Å². The number of nitrogens with one attached hydrogen (secondary N) is 2. The minimum atomic E-state index is -3.06. The lowest BCUT2D eigenvalue weighted by molar-refractivity contribution is 0.222. The largest absolute Gasteiger partial charge is 0.337 e. The molecule has 0 spiro atoms. The summed E-state index contributed by atoms with van der Waals surface area (Å²) in [7, 11) is -3.06. The van der Waals surface area contributed by atoms with Crippen molar-refractivity contribution in [3.8, 4) is 0 Å². The lowest BCUT2D eigenvalue weighted by atomic mass is 9.81. The number of hydrogen-bond acceptors (Lipinski definition) is 3. The third-order valence-electron chi connectivity index (χ3n) is 4.32. The molecule has 0 saturated heterocycles. The summed E-state index contributed by atoms with van der Waals surface area (Å²) >= 11 is 0. The Morgan fingerprint density at radius 2 is 1.83 bits per heavy atom. The highest BCUT2D eigenvalue weighted by Crippen LogP contribution is 2.34. The molecule has 5 nitrogen and oxygen atoms in total. The van der Waals surface area contributed by atoms with Gasteiger partial charge in [-0.05, 0) is 24.3 Å². The highest BCUT2D eigenvalue weighted by molar-refractivity contribution is 7.90. The molecule has 6 heteroatoms. The number of benzene rings is 1. The standard InChI is InChI=1S/C17H26N2O3S/c1-23(21,22)13-12-18-17(20)19-16(14-8-4-2-5-9-14)15-10-6-3-7-11-15/h2,4-5,8-9,15-16H,3,6-7,10-13H2,1H3,(H2,18,19,20)/t16-/m0/s1. The minimum absolute atomic E-state index is 0.0188. The van der Waals surface area contributed by atoms with Crippen LogP contribution in [-0.4, -0.2) is 33.0 Å². The molecule has 1 aromatic rings. The Labute approximate surface area is 138 Å². The lowest BCUT2D eigenvalue weighted by Gasteiger charge is -2.31. The highest BCUT2D eigenvalue weighted by atomic mass is 32.2. The Morgan fingerprint density at radius 1 is 1.17 bits per heavy atom. The second kappa shape index (κ2) is 8.34. The van der Waals surface area contributed by atoms with Crippen molar-refractivity contribution in [1.29, 1.82) is 0 Å². The van der Waals surface area contributed by atoms with Crippen molar-refractivity contribution in [1.82, 2.24) is 10.6 Å². The van der Waals surface area contributed by atoms with Crippen molar-refractivity contribution in [3.63, 3.8) is 0 Å². The van der Waals surface area contributed by atoms with Crippen molar-refractivity contribution in [2.24, 2.45) is 5.92 Å². The van der Waals surface area contributed by atoms with E-state index in [1.807, 2.05) is 30.3 Å². The molecule has 0 unspecified atom stereocenters. The van der Waals surface area contributed by atoms with Crippen molar-refractivity contribution < 1.29 is 13.2 Å². The van der Waals surface area contributed by atoms with Crippen LogP contribution in [0.15, 0.2) is 30.3 Å². The first-order valence-corrected chi connectivity index (χ1v) is 10.3. The summed E-state index contributed by atoms with van der Waals surface area (Å²) in [5.41, 5.74) is 1.11. The predicted octanol–water partition coefficient (Wildman–Crippen LogP) is 2.65. The zero-order valence-corrected chi connectivity index (χ0v) is 14.4. The summed E-state index contributed by atoms with van der Waals surface area (Å²) in [5, 5.41) is 5.69. The van der Waals surface area contributed by atoms with Gasteiger partial charge in [-0.2, -0.15) is 0 Å². The summed E-state index contributed by atoms with van der Waals surface area (Å²) in [5.74, 6) is 0.395. The fourth-order valence-electron chi connectivity index (χ4n) is 3.14. The molecule has 1 saturated carbocycles. The van der Waals surface area contributed by atoms with Gasteiger partial charge in [0, 0.05) is 12.8 Å². The van der Waals surface area contributed by atoms with Crippen LogP contribution in [0, 0.1) is 5.92 Å². The molecule has 0 bridgehead atoms. The van der Waals surface area contributed by atoms with Crippen LogP contribution in [0.25, 0.3) is 0 Å². The minimum Gasteiger partial charge on any atom is -0.337 e. The van der Waals surface area contributed by atoms with Gasteiger partial charge in [-0.1, -0.05) is 49.6 Å². The number of sulfone groups is 1. The molecule has 0 aliphatic heterocycles. The van der Waals surface area contributed by atoms with E-state index in [0.717, 1.165) is 18.4 Å². The number of rotatable bonds is 6.